The van der Waals surface area contributed by atoms with Crippen LogP contribution in [-0.2, 0) is 27.1 Å². The molecule has 0 saturated heterocycles. The van der Waals surface area contributed by atoms with Gasteiger partial charge in [-0.25, -0.2) is 17.9 Å². The van der Waals surface area contributed by atoms with E-state index in [1.54, 1.807) is 42.5 Å². The van der Waals surface area contributed by atoms with Gasteiger partial charge in [-0.15, -0.1) is 0 Å². The Kier molecular flexibility index (Phi) is 7.09. The molecule has 27 heavy (non-hydrogen) atoms. The average Bonchev–Trinajstić information content (AvgIpc) is 2.66. The maximum Gasteiger partial charge on any atom is 0.338 e. The van der Waals surface area contributed by atoms with E-state index in [0.29, 0.717) is 23.2 Å². The minimum Gasteiger partial charge on any atom is -0.465 e. The van der Waals surface area contributed by atoms with Gasteiger partial charge in [0.2, 0.25) is 10.0 Å². The zero-order valence-corrected chi connectivity index (χ0v) is 16.0. The fourth-order valence-corrected chi connectivity index (χ4v) is 3.64. The molecule has 0 aromatic heterocycles. The van der Waals surface area contributed by atoms with Crippen LogP contribution in [0.25, 0.3) is 0 Å². The molecule has 2 rings (SSSR count). The highest BCUT2D eigenvalue weighted by Crippen LogP contribution is 2.14. The van der Waals surface area contributed by atoms with Crippen molar-refractivity contribution in [2.45, 2.75) is 19.2 Å². The minimum absolute atomic E-state index is 0.0377. The fraction of sp³-hybridized carbons (Fsp3) is 0.263. The largest absolute Gasteiger partial charge is 0.465 e. The van der Waals surface area contributed by atoms with E-state index >= 15 is 0 Å². The highest BCUT2D eigenvalue weighted by Gasteiger charge is 2.18. The summed E-state index contributed by atoms with van der Waals surface area (Å²) in [4.78, 5) is 23.7. The average molecular weight is 390 g/mol. The van der Waals surface area contributed by atoms with Crippen LogP contribution in [0.3, 0.4) is 0 Å². The van der Waals surface area contributed by atoms with E-state index in [0.717, 1.165) is 0 Å². The molecule has 0 heterocycles. The van der Waals surface area contributed by atoms with Crippen LogP contribution in [0, 0.1) is 0 Å². The van der Waals surface area contributed by atoms with Crippen LogP contribution in [0.2, 0.25) is 0 Å². The van der Waals surface area contributed by atoms with Crippen molar-refractivity contribution in [3.8, 4) is 0 Å². The number of esters is 1. The van der Waals surface area contributed by atoms with Gasteiger partial charge >= 0.3 is 5.97 Å². The van der Waals surface area contributed by atoms with E-state index < -0.39 is 16.0 Å². The second-order valence-electron chi connectivity index (χ2n) is 5.79. The smallest absolute Gasteiger partial charge is 0.338 e. The standard InChI is InChI=1S/C19H22N2O5S/c1-3-20-18(22)15-9-6-7-14(11-15)12-21-27(24,25)13-16-8-4-5-10-17(16)19(23)26-2/h4-11,21H,3,12-13H2,1-2H3,(H,20,22). The van der Waals surface area contributed by atoms with Crippen molar-refractivity contribution in [1.82, 2.24) is 10.0 Å². The zero-order valence-electron chi connectivity index (χ0n) is 15.2. The number of nitrogens with one attached hydrogen (secondary N) is 2. The quantitative estimate of drug-likeness (QED) is 0.670. The molecular weight excluding hydrogens is 368 g/mol. The van der Waals surface area contributed by atoms with Gasteiger partial charge in [0.05, 0.1) is 18.4 Å². The maximum absolute atomic E-state index is 12.4. The lowest BCUT2D eigenvalue weighted by molar-refractivity contribution is 0.0599. The van der Waals surface area contributed by atoms with Crippen LogP contribution >= 0.6 is 0 Å². The van der Waals surface area contributed by atoms with Gasteiger partial charge in [-0.05, 0) is 36.2 Å². The van der Waals surface area contributed by atoms with Gasteiger partial charge in [0.15, 0.2) is 0 Å². The molecule has 2 aromatic carbocycles. The lowest BCUT2D eigenvalue weighted by Crippen LogP contribution is -2.26. The SMILES string of the molecule is CCNC(=O)c1cccc(CNS(=O)(=O)Cc2ccccc2C(=O)OC)c1. The molecule has 2 aromatic rings. The zero-order chi connectivity index (χ0) is 19.9. The van der Waals surface area contributed by atoms with E-state index in [9.17, 15) is 18.0 Å². The predicted octanol–water partition coefficient (Wildman–Crippen LogP) is 1.84. The van der Waals surface area contributed by atoms with Gasteiger partial charge in [-0.2, -0.15) is 0 Å². The number of amides is 1. The van der Waals surface area contributed by atoms with Crippen LogP contribution in [0.1, 0.15) is 38.8 Å². The van der Waals surface area contributed by atoms with Gasteiger partial charge in [-0.3, -0.25) is 4.79 Å². The molecule has 0 aliphatic heterocycles. The molecule has 0 aliphatic rings. The summed E-state index contributed by atoms with van der Waals surface area (Å²) in [6.45, 7) is 2.37. The van der Waals surface area contributed by atoms with Crippen molar-refractivity contribution in [1.29, 1.82) is 0 Å². The van der Waals surface area contributed by atoms with E-state index in [2.05, 4.69) is 14.8 Å². The van der Waals surface area contributed by atoms with Crippen molar-refractivity contribution in [2.24, 2.45) is 0 Å². The predicted molar refractivity (Wildman–Crippen MR) is 102 cm³/mol. The molecule has 0 radical (unpaired) electrons. The highest BCUT2D eigenvalue weighted by atomic mass is 32.2. The molecule has 0 bridgehead atoms. The van der Waals surface area contributed by atoms with Crippen LogP contribution in [0.15, 0.2) is 48.5 Å². The first kappa shape index (κ1) is 20.6. The monoisotopic (exact) mass is 390 g/mol. The Morgan fingerprint density at radius 2 is 1.81 bits per heavy atom. The number of hydrogen-bond acceptors (Lipinski definition) is 5. The summed E-state index contributed by atoms with van der Waals surface area (Å²) in [7, 11) is -2.46. The Labute approximate surface area is 158 Å². The third-order valence-corrected chi connectivity index (χ3v) is 5.07. The van der Waals surface area contributed by atoms with E-state index in [1.807, 2.05) is 6.92 Å². The van der Waals surface area contributed by atoms with Gasteiger partial charge in [-0.1, -0.05) is 30.3 Å². The second kappa shape index (κ2) is 9.29. The van der Waals surface area contributed by atoms with Gasteiger partial charge < -0.3 is 10.1 Å². The number of carbonyl (C=O) groups is 2. The lowest BCUT2D eigenvalue weighted by atomic mass is 10.1. The minimum atomic E-state index is -3.70. The van der Waals surface area contributed by atoms with Crippen molar-refractivity contribution >= 4 is 21.9 Å². The number of hydrogen-bond donors (Lipinski definition) is 2. The topological polar surface area (TPSA) is 102 Å². The summed E-state index contributed by atoms with van der Waals surface area (Å²) in [5, 5.41) is 2.70. The van der Waals surface area contributed by atoms with E-state index in [-0.39, 0.29) is 23.8 Å². The normalized spacial score (nSPS) is 11.0. The van der Waals surface area contributed by atoms with Gasteiger partial charge in [0.1, 0.15) is 0 Å². The summed E-state index contributed by atoms with van der Waals surface area (Å²) >= 11 is 0. The Bertz CT molecular complexity index is 925. The lowest BCUT2D eigenvalue weighted by Gasteiger charge is -2.10. The first-order chi connectivity index (χ1) is 12.9. The summed E-state index contributed by atoms with van der Waals surface area (Å²) in [5.41, 5.74) is 1.68. The molecule has 0 spiro atoms. The summed E-state index contributed by atoms with van der Waals surface area (Å²) in [5.74, 6) is -1.15. The number of rotatable bonds is 8. The van der Waals surface area contributed by atoms with Crippen molar-refractivity contribution in [2.75, 3.05) is 13.7 Å². The molecule has 0 atom stereocenters. The Balaban J connectivity index is 2.09. The third-order valence-electron chi connectivity index (χ3n) is 3.79. The van der Waals surface area contributed by atoms with Gasteiger partial charge in [0.25, 0.3) is 5.91 Å². The number of sulfonamides is 1. The van der Waals surface area contributed by atoms with E-state index in [1.165, 1.54) is 13.2 Å². The molecule has 7 nitrogen and oxygen atoms in total. The Morgan fingerprint density at radius 3 is 2.52 bits per heavy atom. The van der Waals surface area contributed by atoms with Gasteiger partial charge in [0, 0.05) is 18.7 Å². The summed E-state index contributed by atoms with van der Waals surface area (Å²) < 4.78 is 32.0. The molecule has 2 N–H and O–H groups in total. The molecule has 0 saturated carbocycles. The summed E-state index contributed by atoms with van der Waals surface area (Å²) in [6, 6.07) is 13.1. The number of ether oxygens (including phenoxy) is 1. The van der Waals surface area contributed by atoms with Crippen LogP contribution in [0.5, 0.6) is 0 Å². The number of methoxy groups -OCH3 is 1. The first-order valence-corrected chi connectivity index (χ1v) is 10.0. The summed E-state index contributed by atoms with van der Waals surface area (Å²) in [6.07, 6.45) is 0. The number of carbonyl (C=O) groups excluding carboxylic acids is 2. The molecule has 144 valence electrons. The first-order valence-electron chi connectivity index (χ1n) is 8.37. The molecule has 0 fully saturated rings. The second-order valence-corrected chi connectivity index (χ2v) is 7.60. The Hall–Kier alpha value is -2.71. The highest BCUT2D eigenvalue weighted by molar-refractivity contribution is 7.88. The van der Waals surface area contributed by atoms with E-state index in [4.69, 9.17) is 0 Å². The molecule has 8 heteroatoms. The third kappa shape index (κ3) is 5.90. The van der Waals surface area contributed by atoms with Crippen molar-refractivity contribution < 1.29 is 22.7 Å². The van der Waals surface area contributed by atoms with Crippen LogP contribution in [0.4, 0.5) is 0 Å². The molecule has 1 amide bonds. The number of benzene rings is 2. The van der Waals surface area contributed by atoms with Crippen LogP contribution < -0.4 is 10.0 Å². The van der Waals surface area contributed by atoms with Crippen molar-refractivity contribution in [3.05, 3.63) is 70.8 Å². The molecule has 0 aliphatic carbocycles. The van der Waals surface area contributed by atoms with Crippen LogP contribution in [-0.4, -0.2) is 33.9 Å². The Morgan fingerprint density at radius 1 is 1.07 bits per heavy atom. The van der Waals surface area contributed by atoms with Crippen molar-refractivity contribution in [3.63, 3.8) is 0 Å². The molecular formula is C19H22N2O5S. The fourth-order valence-electron chi connectivity index (χ4n) is 2.49. The molecule has 0 unspecified atom stereocenters. The maximum atomic E-state index is 12.4.